The van der Waals surface area contributed by atoms with Gasteiger partial charge in [-0.25, -0.2) is 14.2 Å². The molecule has 4 rings (SSSR count). The van der Waals surface area contributed by atoms with Gasteiger partial charge in [0.25, 0.3) is 0 Å². The average Bonchev–Trinajstić information content (AvgIpc) is 2.76. The van der Waals surface area contributed by atoms with Crippen LogP contribution < -0.4 is 20.1 Å². The second kappa shape index (κ2) is 8.64. The van der Waals surface area contributed by atoms with E-state index in [-0.39, 0.29) is 18.4 Å². The van der Waals surface area contributed by atoms with Gasteiger partial charge in [0.1, 0.15) is 13.2 Å². The van der Waals surface area contributed by atoms with Crippen molar-refractivity contribution in [1.29, 1.82) is 0 Å². The van der Waals surface area contributed by atoms with Gasteiger partial charge in [0.2, 0.25) is 5.95 Å². The number of esters is 1. The predicted octanol–water partition coefficient (Wildman–Crippen LogP) is 4.05. The summed E-state index contributed by atoms with van der Waals surface area (Å²) in [6, 6.07) is 11.9. The minimum absolute atomic E-state index is 0.00859. The molecule has 0 fully saturated rings. The molecular weight excluding hydrogens is 391 g/mol. The Morgan fingerprint density at radius 3 is 2.73 bits per heavy atom. The van der Waals surface area contributed by atoms with Crippen LogP contribution in [0.4, 0.5) is 27.5 Å². The zero-order valence-corrected chi connectivity index (χ0v) is 16.1. The second-order valence-electron chi connectivity index (χ2n) is 6.30. The molecule has 2 heterocycles. The third-order valence-electron chi connectivity index (χ3n) is 4.18. The topological polar surface area (TPSA) is 94.6 Å². The van der Waals surface area contributed by atoms with E-state index in [1.165, 1.54) is 0 Å². The van der Waals surface area contributed by atoms with Crippen molar-refractivity contribution in [3.63, 3.8) is 0 Å². The van der Waals surface area contributed by atoms with Crippen LogP contribution in [0.3, 0.4) is 0 Å². The number of benzene rings is 2. The minimum Gasteiger partial charge on any atom is -0.486 e. The predicted molar refractivity (Wildman–Crippen MR) is 108 cm³/mol. The summed E-state index contributed by atoms with van der Waals surface area (Å²) in [5, 5.41) is 5.88. The van der Waals surface area contributed by atoms with Gasteiger partial charge in [-0.2, -0.15) is 4.98 Å². The maximum absolute atomic E-state index is 14.3. The number of aromatic nitrogens is 2. The Morgan fingerprint density at radius 1 is 1.10 bits per heavy atom. The largest absolute Gasteiger partial charge is 0.486 e. The average molecular weight is 410 g/mol. The summed E-state index contributed by atoms with van der Waals surface area (Å²) >= 11 is 0. The third-order valence-corrected chi connectivity index (χ3v) is 4.18. The van der Waals surface area contributed by atoms with Crippen molar-refractivity contribution in [1.82, 2.24) is 9.97 Å². The lowest BCUT2D eigenvalue weighted by Gasteiger charge is -2.19. The molecule has 1 aromatic heterocycles. The van der Waals surface area contributed by atoms with Crippen molar-refractivity contribution in [3.8, 4) is 11.5 Å². The zero-order chi connectivity index (χ0) is 20.9. The molecule has 0 saturated heterocycles. The van der Waals surface area contributed by atoms with E-state index in [0.29, 0.717) is 41.7 Å². The molecule has 0 aliphatic carbocycles. The van der Waals surface area contributed by atoms with Gasteiger partial charge >= 0.3 is 5.97 Å². The smallest absolute Gasteiger partial charge is 0.338 e. The Balaban J connectivity index is 1.52. The molecule has 0 amide bonds. The normalized spacial score (nSPS) is 12.2. The molecule has 1 aliphatic heterocycles. The van der Waals surface area contributed by atoms with Crippen LogP contribution in [-0.4, -0.2) is 35.8 Å². The number of halogens is 1. The highest BCUT2D eigenvalue weighted by molar-refractivity contribution is 5.90. The van der Waals surface area contributed by atoms with Gasteiger partial charge in [0, 0.05) is 17.4 Å². The van der Waals surface area contributed by atoms with Crippen molar-refractivity contribution in [2.75, 3.05) is 30.5 Å². The fourth-order valence-corrected chi connectivity index (χ4v) is 2.84. The number of fused-ring (bicyclic) bond motifs is 1. The molecule has 0 saturated carbocycles. The van der Waals surface area contributed by atoms with Crippen LogP contribution in [0, 0.1) is 5.82 Å². The first-order valence-corrected chi connectivity index (χ1v) is 9.36. The Bertz CT molecular complexity index is 1080. The molecule has 30 heavy (non-hydrogen) atoms. The number of ether oxygens (including phenoxy) is 3. The van der Waals surface area contributed by atoms with E-state index in [1.807, 2.05) is 0 Å². The number of hydrogen-bond acceptors (Lipinski definition) is 8. The Morgan fingerprint density at radius 2 is 1.90 bits per heavy atom. The van der Waals surface area contributed by atoms with Crippen molar-refractivity contribution in [3.05, 3.63) is 60.0 Å². The molecule has 0 unspecified atom stereocenters. The summed E-state index contributed by atoms with van der Waals surface area (Å²) in [5.74, 6) is 0.328. The van der Waals surface area contributed by atoms with E-state index in [1.54, 1.807) is 49.4 Å². The van der Waals surface area contributed by atoms with Crippen molar-refractivity contribution >= 4 is 29.1 Å². The van der Waals surface area contributed by atoms with E-state index in [4.69, 9.17) is 14.2 Å². The van der Waals surface area contributed by atoms with E-state index in [0.717, 1.165) is 6.20 Å². The van der Waals surface area contributed by atoms with E-state index < -0.39 is 11.8 Å². The highest BCUT2D eigenvalue weighted by atomic mass is 19.1. The Hall–Kier alpha value is -3.88. The maximum atomic E-state index is 14.3. The van der Waals surface area contributed by atoms with Gasteiger partial charge in [0.15, 0.2) is 23.1 Å². The minimum atomic E-state index is -0.615. The van der Waals surface area contributed by atoms with Crippen molar-refractivity contribution in [2.24, 2.45) is 0 Å². The number of nitrogens with zero attached hydrogens (tertiary/aromatic N) is 2. The van der Waals surface area contributed by atoms with Crippen molar-refractivity contribution in [2.45, 2.75) is 6.92 Å². The first-order chi connectivity index (χ1) is 14.6. The van der Waals surface area contributed by atoms with Gasteiger partial charge in [0.05, 0.1) is 18.4 Å². The standard InChI is InChI=1S/C21H19FN4O4/c1-2-28-20(27)13-4-3-5-14(10-13)25-21-23-12-16(22)19(26-21)24-15-6-7-17-18(11-15)30-9-8-29-17/h3-7,10-12H,2,8-9H2,1H3,(H2,23,24,25,26). The first-order valence-electron chi connectivity index (χ1n) is 9.36. The molecule has 0 atom stereocenters. The van der Waals surface area contributed by atoms with Crippen LogP contribution >= 0.6 is 0 Å². The quantitative estimate of drug-likeness (QED) is 0.588. The van der Waals surface area contributed by atoms with Crippen LogP contribution in [-0.2, 0) is 4.74 Å². The van der Waals surface area contributed by atoms with Gasteiger partial charge in [-0.1, -0.05) is 6.07 Å². The summed E-state index contributed by atoms with van der Waals surface area (Å²) in [7, 11) is 0. The van der Waals surface area contributed by atoms with E-state index in [2.05, 4.69) is 20.6 Å². The summed E-state index contributed by atoms with van der Waals surface area (Å²) in [4.78, 5) is 20.0. The number of rotatable bonds is 6. The molecule has 2 aromatic carbocycles. The highest BCUT2D eigenvalue weighted by Crippen LogP contribution is 2.33. The number of nitrogens with one attached hydrogen (secondary N) is 2. The molecular formula is C21H19FN4O4. The number of carbonyl (C=O) groups is 1. The lowest BCUT2D eigenvalue weighted by Crippen LogP contribution is -2.15. The fraction of sp³-hybridized carbons (Fsp3) is 0.190. The second-order valence-corrected chi connectivity index (χ2v) is 6.30. The molecule has 0 radical (unpaired) electrons. The Kier molecular flexibility index (Phi) is 5.60. The van der Waals surface area contributed by atoms with Gasteiger partial charge in [-0.3, -0.25) is 0 Å². The summed E-state index contributed by atoms with van der Waals surface area (Å²) in [5.41, 5.74) is 1.54. The summed E-state index contributed by atoms with van der Waals surface area (Å²) in [6.45, 7) is 2.97. The van der Waals surface area contributed by atoms with E-state index >= 15 is 0 Å². The van der Waals surface area contributed by atoms with Crippen LogP contribution in [0.5, 0.6) is 11.5 Å². The molecule has 0 spiro atoms. The molecule has 9 heteroatoms. The molecule has 2 N–H and O–H groups in total. The molecule has 0 bridgehead atoms. The van der Waals surface area contributed by atoms with Crippen molar-refractivity contribution < 1.29 is 23.4 Å². The zero-order valence-electron chi connectivity index (χ0n) is 16.1. The van der Waals surface area contributed by atoms with Crippen LogP contribution in [0.2, 0.25) is 0 Å². The SMILES string of the molecule is CCOC(=O)c1cccc(Nc2ncc(F)c(Nc3ccc4c(c3)OCCO4)n2)c1. The number of carbonyl (C=O) groups excluding carboxylic acids is 1. The number of hydrogen-bond donors (Lipinski definition) is 2. The summed E-state index contributed by atoms with van der Waals surface area (Å²) in [6.07, 6.45) is 1.06. The van der Waals surface area contributed by atoms with Crippen LogP contribution in [0.1, 0.15) is 17.3 Å². The van der Waals surface area contributed by atoms with Crippen LogP contribution in [0.15, 0.2) is 48.7 Å². The number of anilines is 4. The maximum Gasteiger partial charge on any atom is 0.338 e. The van der Waals surface area contributed by atoms with E-state index in [9.17, 15) is 9.18 Å². The first kappa shape index (κ1) is 19.4. The lowest BCUT2D eigenvalue weighted by molar-refractivity contribution is 0.0526. The monoisotopic (exact) mass is 410 g/mol. The van der Waals surface area contributed by atoms with Gasteiger partial charge in [-0.05, 0) is 37.3 Å². The fourth-order valence-electron chi connectivity index (χ4n) is 2.84. The van der Waals surface area contributed by atoms with Gasteiger partial charge < -0.3 is 24.8 Å². The Labute approximate surface area is 172 Å². The lowest BCUT2D eigenvalue weighted by atomic mass is 10.2. The molecule has 1 aliphatic rings. The van der Waals surface area contributed by atoms with Crippen LogP contribution in [0.25, 0.3) is 0 Å². The molecule has 154 valence electrons. The highest BCUT2D eigenvalue weighted by Gasteiger charge is 2.14. The molecule has 3 aromatic rings. The summed E-state index contributed by atoms with van der Waals surface area (Å²) < 4.78 is 30.3. The third kappa shape index (κ3) is 4.40. The van der Waals surface area contributed by atoms with Gasteiger partial charge in [-0.15, -0.1) is 0 Å². The molecule has 8 nitrogen and oxygen atoms in total.